The van der Waals surface area contributed by atoms with Gasteiger partial charge in [0.25, 0.3) is 0 Å². The molecule has 0 amide bonds. The number of benzene rings is 1. The van der Waals surface area contributed by atoms with E-state index < -0.39 is 10.0 Å². The van der Waals surface area contributed by atoms with E-state index in [0.717, 1.165) is 31.4 Å². The fourth-order valence-electron chi connectivity index (χ4n) is 2.33. The van der Waals surface area contributed by atoms with Gasteiger partial charge < -0.3 is 10.4 Å². The Bertz CT molecular complexity index is 522. The molecule has 1 aliphatic carbocycles. The van der Waals surface area contributed by atoms with E-state index in [1.807, 2.05) is 6.07 Å². The van der Waals surface area contributed by atoms with Crippen molar-refractivity contribution in [2.24, 2.45) is 0 Å². The van der Waals surface area contributed by atoms with Crippen molar-refractivity contribution < 1.29 is 13.5 Å². The van der Waals surface area contributed by atoms with E-state index in [-0.39, 0.29) is 11.0 Å². The summed E-state index contributed by atoms with van der Waals surface area (Å²) in [6.07, 6.45) is 3.22. The van der Waals surface area contributed by atoms with Crippen LogP contribution in [0, 0.1) is 0 Å². The van der Waals surface area contributed by atoms with E-state index in [1.165, 1.54) is 7.05 Å². The van der Waals surface area contributed by atoms with E-state index in [4.69, 9.17) is 0 Å². The summed E-state index contributed by atoms with van der Waals surface area (Å²) in [5.74, 6) is 0. The molecule has 3 N–H and O–H groups in total. The molecule has 0 saturated heterocycles. The molecule has 5 nitrogen and oxygen atoms in total. The first-order valence-corrected chi connectivity index (χ1v) is 7.98. The molecule has 1 saturated carbocycles. The maximum atomic E-state index is 11.7. The molecule has 0 bridgehead atoms. The molecular weight excluding hydrogens is 264 g/mol. The Hall–Kier alpha value is -1.11. The largest absolute Gasteiger partial charge is 0.393 e. The second-order valence-corrected chi connectivity index (χ2v) is 6.77. The molecule has 19 heavy (non-hydrogen) atoms. The van der Waals surface area contributed by atoms with Crippen LogP contribution in [0.25, 0.3) is 0 Å². The van der Waals surface area contributed by atoms with Gasteiger partial charge in [0, 0.05) is 11.7 Å². The zero-order valence-corrected chi connectivity index (χ0v) is 11.8. The lowest BCUT2D eigenvalue weighted by Crippen LogP contribution is -2.28. The average molecular weight is 284 g/mol. The zero-order chi connectivity index (χ0) is 13.9. The smallest absolute Gasteiger partial charge is 0.240 e. The van der Waals surface area contributed by atoms with Gasteiger partial charge in [-0.15, -0.1) is 0 Å². The van der Waals surface area contributed by atoms with Gasteiger partial charge in [-0.25, -0.2) is 13.1 Å². The fraction of sp³-hybridized carbons (Fsp3) is 0.538. The molecular formula is C13H20N2O3S. The molecule has 6 heteroatoms. The molecule has 1 aromatic carbocycles. The third-order valence-electron chi connectivity index (χ3n) is 3.48. The second kappa shape index (κ2) is 5.90. The molecule has 0 aromatic heterocycles. The highest BCUT2D eigenvalue weighted by molar-refractivity contribution is 7.89. The van der Waals surface area contributed by atoms with Crippen molar-refractivity contribution in [1.82, 2.24) is 4.72 Å². The number of aliphatic hydroxyl groups is 1. The van der Waals surface area contributed by atoms with Gasteiger partial charge in [-0.2, -0.15) is 0 Å². The van der Waals surface area contributed by atoms with E-state index in [2.05, 4.69) is 10.0 Å². The Labute approximate surface area is 114 Å². The number of aliphatic hydroxyl groups excluding tert-OH is 1. The minimum Gasteiger partial charge on any atom is -0.393 e. The minimum atomic E-state index is -3.40. The molecule has 1 aliphatic rings. The SMILES string of the molecule is CNS(=O)(=O)c1cccc(NC2CCC(O)CC2)c1. The van der Waals surface area contributed by atoms with E-state index >= 15 is 0 Å². The summed E-state index contributed by atoms with van der Waals surface area (Å²) in [5.41, 5.74) is 0.803. The van der Waals surface area contributed by atoms with Crippen molar-refractivity contribution in [3.8, 4) is 0 Å². The first kappa shape index (κ1) is 14.3. The van der Waals surface area contributed by atoms with Crippen molar-refractivity contribution in [2.45, 2.75) is 42.7 Å². The maximum Gasteiger partial charge on any atom is 0.240 e. The lowest BCUT2D eigenvalue weighted by Gasteiger charge is -2.27. The molecule has 0 heterocycles. The number of nitrogens with one attached hydrogen (secondary N) is 2. The predicted molar refractivity (Wildman–Crippen MR) is 74.6 cm³/mol. The van der Waals surface area contributed by atoms with Crippen molar-refractivity contribution in [2.75, 3.05) is 12.4 Å². The van der Waals surface area contributed by atoms with E-state index in [0.29, 0.717) is 6.04 Å². The first-order valence-electron chi connectivity index (χ1n) is 6.49. The second-order valence-electron chi connectivity index (χ2n) is 4.89. The highest BCUT2D eigenvalue weighted by Gasteiger charge is 2.19. The summed E-state index contributed by atoms with van der Waals surface area (Å²) in [5, 5.41) is 12.8. The van der Waals surface area contributed by atoms with Crippen molar-refractivity contribution in [3.05, 3.63) is 24.3 Å². The fourth-order valence-corrected chi connectivity index (χ4v) is 3.10. The number of hydrogen-bond acceptors (Lipinski definition) is 4. The summed E-state index contributed by atoms with van der Waals surface area (Å²) >= 11 is 0. The Morgan fingerprint density at radius 1 is 1.21 bits per heavy atom. The molecule has 106 valence electrons. The molecule has 0 radical (unpaired) electrons. The Kier molecular flexibility index (Phi) is 4.44. The quantitative estimate of drug-likeness (QED) is 0.779. The lowest BCUT2D eigenvalue weighted by atomic mass is 9.93. The number of anilines is 1. The standard InChI is InChI=1S/C13H20N2O3S/c1-14-19(17,18)13-4-2-3-11(9-13)15-10-5-7-12(16)8-6-10/h2-4,9-10,12,14-16H,5-8H2,1H3. The van der Waals surface area contributed by atoms with Gasteiger partial charge in [-0.3, -0.25) is 0 Å². The van der Waals surface area contributed by atoms with E-state index in [9.17, 15) is 13.5 Å². The third-order valence-corrected chi connectivity index (χ3v) is 4.89. The Morgan fingerprint density at radius 2 is 1.89 bits per heavy atom. The van der Waals surface area contributed by atoms with Gasteiger partial charge in [0.15, 0.2) is 0 Å². The number of hydrogen-bond donors (Lipinski definition) is 3. The topological polar surface area (TPSA) is 78.4 Å². The van der Waals surface area contributed by atoms with Gasteiger partial charge in [0.1, 0.15) is 0 Å². The molecule has 2 rings (SSSR count). The van der Waals surface area contributed by atoms with Crippen LogP contribution in [0.3, 0.4) is 0 Å². The zero-order valence-electron chi connectivity index (χ0n) is 11.0. The highest BCUT2D eigenvalue weighted by Crippen LogP contribution is 2.23. The van der Waals surface area contributed by atoms with E-state index in [1.54, 1.807) is 18.2 Å². The normalized spacial score (nSPS) is 24.1. The van der Waals surface area contributed by atoms with Gasteiger partial charge in [-0.1, -0.05) is 6.07 Å². The van der Waals surface area contributed by atoms with Gasteiger partial charge in [0.2, 0.25) is 10.0 Å². The summed E-state index contributed by atoms with van der Waals surface area (Å²) in [6, 6.07) is 7.10. The molecule has 1 aromatic rings. The summed E-state index contributed by atoms with van der Waals surface area (Å²) in [7, 11) is -2.00. The van der Waals surface area contributed by atoms with Gasteiger partial charge >= 0.3 is 0 Å². The van der Waals surface area contributed by atoms with Gasteiger partial charge in [0.05, 0.1) is 11.0 Å². The van der Waals surface area contributed by atoms with Crippen LogP contribution in [-0.4, -0.2) is 32.7 Å². The maximum absolute atomic E-state index is 11.7. The van der Waals surface area contributed by atoms with Crippen LogP contribution in [0.15, 0.2) is 29.2 Å². The van der Waals surface area contributed by atoms with Crippen molar-refractivity contribution >= 4 is 15.7 Å². The van der Waals surface area contributed by atoms with Crippen LogP contribution < -0.4 is 10.0 Å². The Balaban J connectivity index is 2.07. The molecule has 0 unspecified atom stereocenters. The predicted octanol–water partition coefficient (Wildman–Crippen LogP) is 1.31. The van der Waals surface area contributed by atoms with Crippen LogP contribution in [-0.2, 0) is 10.0 Å². The van der Waals surface area contributed by atoms with Gasteiger partial charge in [-0.05, 0) is 50.9 Å². The van der Waals surface area contributed by atoms with Crippen molar-refractivity contribution in [3.63, 3.8) is 0 Å². The van der Waals surface area contributed by atoms with Crippen LogP contribution in [0.5, 0.6) is 0 Å². The first-order chi connectivity index (χ1) is 9.01. The summed E-state index contributed by atoms with van der Waals surface area (Å²) < 4.78 is 25.7. The van der Waals surface area contributed by atoms with Crippen LogP contribution in [0.1, 0.15) is 25.7 Å². The van der Waals surface area contributed by atoms with Crippen molar-refractivity contribution in [1.29, 1.82) is 0 Å². The minimum absolute atomic E-state index is 0.186. The molecule has 0 aliphatic heterocycles. The lowest BCUT2D eigenvalue weighted by molar-refractivity contribution is 0.126. The van der Waals surface area contributed by atoms with Crippen LogP contribution in [0.4, 0.5) is 5.69 Å². The molecule has 0 atom stereocenters. The summed E-state index contributed by atoms with van der Waals surface area (Å²) in [4.78, 5) is 0.260. The Morgan fingerprint density at radius 3 is 2.53 bits per heavy atom. The highest BCUT2D eigenvalue weighted by atomic mass is 32.2. The summed E-state index contributed by atoms with van der Waals surface area (Å²) in [6.45, 7) is 0. The number of rotatable bonds is 4. The average Bonchev–Trinajstić information content (AvgIpc) is 2.42. The molecule has 0 spiro atoms. The number of sulfonamides is 1. The monoisotopic (exact) mass is 284 g/mol. The van der Waals surface area contributed by atoms with Crippen LogP contribution in [0.2, 0.25) is 0 Å². The van der Waals surface area contributed by atoms with Crippen LogP contribution >= 0.6 is 0 Å². The molecule has 1 fully saturated rings. The third kappa shape index (κ3) is 3.68.